The van der Waals surface area contributed by atoms with E-state index >= 15 is 0 Å². The highest BCUT2D eigenvalue weighted by Crippen LogP contribution is 2.34. The summed E-state index contributed by atoms with van der Waals surface area (Å²) in [6.45, 7) is 0. The highest BCUT2D eigenvalue weighted by Gasteiger charge is 2.19. The van der Waals surface area contributed by atoms with Crippen molar-refractivity contribution in [1.29, 1.82) is 0 Å². The molecule has 0 aliphatic heterocycles. The molecule has 2 aromatic rings. The van der Waals surface area contributed by atoms with Gasteiger partial charge in [0.15, 0.2) is 0 Å². The van der Waals surface area contributed by atoms with Crippen LogP contribution in [0.15, 0.2) is 34.2 Å². The number of anilines is 1. The van der Waals surface area contributed by atoms with E-state index < -0.39 is 0 Å². The zero-order chi connectivity index (χ0) is 12.5. The van der Waals surface area contributed by atoms with Crippen molar-refractivity contribution >= 4 is 29.3 Å². The summed E-state index contributed by atoms with van der Waals surface area (Å²) in [5, 5.41) is 1.73. The zero-order valence-corrected chi connectivity index (χ0v) is 11.3. The average Bonchev–Trinajstić information content (AvgIpc) is 2.80. The van der Waals surface area contributed by atoms with Crippen molar-refractivity contribution in [2.75, 3.05) is 5.73 Å². The third-order valence-corrected chi connectivity index (χ3v) is 4.23. The van der Waals surface area contributed by atoms with Gasteiger partial charge in [0, 0.05) is 15.5 Å². The molecular formula is C13H12ClN3S. The van der Waals surface area contributed by atoms with Crippen molar-refractivity contribution < 1.29 is 0 Å². The van der Waals surface area contributed by atoms with Crippen LogP contribution in [0.25, 0.3) is 0 Å². The van der Waals surface area contributed by atoms with E-state index in [2.05, 4.69) is 9.97 Å². The third kappa shape index (κ3) is 2.31. The van der Waals surface area contributed by atoms with Crippen LogP contribution >= 0.6 is 23.4 Å². The second-order valence-electron chi connectivity index (χ2n) is 4.22. The molecule has 0 saturated heterocycles. The van der Waals surface area contributed by atoms with Gasteiger partial charge >= 0.3 is 0 Å². The molecule has 0 amide bonds. The fourth-order valence-corrected chi connectivity index (χ4v) is 3.22. The molecule has 0 bridgehead atoms. The van der Waals surface area contributed by atoms with Gasteiger partial charge in [-0.25, -0.2) is 9.97 Å². The maximum absolute atomic E-state index is 5.88. The summed E-state index contributed by atoms with van der Waals surface area (Å²) in [6, 6.07) is 7.75. The summed E-state index contributed by atoms with van der Waals surface area (Å²) in [5.41, 5.74) is 8.12. The Hall–Kier alpha value is -1.26. The van der Waals surface area contributed by atoms with Gasteiger partial charge in [-0.3, -0.25) is 0 Å². The monoisotopic (exact) mass is 277 g/mol. The molecule has 0 unspecified atom stereocenters. The molecule has 1 aliphatic carbocycles. The topological polar surface area (TPSA) is 51.8 Å². The number of nitrogen functional groups attached to an aromatic ring is 1. The van der Waals surface area contributed by atoms with E-state index in [9.17, 15) is 0 Å². The van der Waals surface area contributed by atoms with Crippen molar-refractivity contribution in [3.8, 4) is 0 Å². The molecule has 18 heavy (non-hydrogen) atoms. The maximum atomic E-state index is 5.88. The Balaban J connectivity index is 1.95. The fourth-order valence-electron chi connectivity index (χ4n) is 2.12. The first-order valence-corrected chi connectivity index (χ1v) is 7.00. The molecule has 1 aromatic carbocycles. The number of hydrogen-bond donors (Lipinski definition) is 1. The van der Waals surface area contributed by atoms with E-state index in [1.54, 1.807) is 11.8 Å². The highest BCUT2D eigenvalue weighted by atomic mass is 35.5. The van der Waals surface area contributed by atoms with Gasteiger partial charge in [-0.1, -0.05) is 23.4 Å². The Morgan fingerprint density at radius 1 is 1.11 bits per heavy atom. The normalized spacial score (nSPS) is 13.6. The van der Waals surface area contributed by atoms with Gasteiger partial charge in [-0.05, 0) is 43.5 Å². The van der Waals surface area contributed by atoms with E-state index in [1.165, 1.54) is 5.56 Å². The first-order chi connectivity index (χ1) is 8.72. The molecule has 1 heterocycles. The minimum absolute atomic E-state index is 0.368. The third-order valence-electron chi connectivity index (χ3n) is 2.94. The Kier molecular flexibility index (Phi) is 3.14. The lowest BCUT2D eigenvalue weighted by Gasteiger charge is -2.07. The molecule has 3 rings (SSSR count). The summed E-state index contributed by atoms with van der Waals surface area (Å²) in [6.07, 6.45) is 3.20. The van der Waals surface area contributed by atoms with Crippen molar-refractivity contribution in [3.05, 3.63) is 40.5 Å². The van der Waals surface area contributed by atoms with Crippen LogP contribution in [-0.4, -0.2) is 9.97 Å². The van der Waals surface area contributed by atoms with Crippen LogP contribution in [0.1, 0.15) is 17.7 Å². The lowest BCUT2D eigenvalue weighted by atomic mass is 10.3. The quantitative estimate of drug-likeness (QED) is 0.856. The number of benzene rings is 1. The fraction of sp³-hybridized carbons (Fsp3) is 0.231. The zero-order valence-electron chi connectivity index (χ0n) is 9.69. The number of nitrogens with two attached hydrogens (primary N) is 1. The van der Waals surface area contributed by atoms with Gasteiger partial charge in [0.25, 0.3) is 0 Å². The standard InChI is InChI=1S/C13H12ClN3S/c14-8-4-6-9(7-5-8)18-12-10-2-1-3-11(10)16-13(15)17-12/h4-7H,1-3H2,(H2,15,16,17). The number of hydrogen-bond acceptors (Lipinski definition) is 4. The second kappa shape index (κ2) is 4.78. The summed E-state index contributed by atoms with van der Waals surface area (Å²) in [7, 11) is 0. The molecular weight excluding hydrogens is 266 g/mol. The Morgan fingerprint density at radius 3 is 2.67 bits per heavy atom. The number of aromatic nitrogens is 2. The molecule has 3 nitrogen and oxygen atoms in total. The molecule has 0 atom stereocenters. The predicted octanol–water partition coefficient (Wildman–Crippen LogP) is 3.35. The molecule has 92 valence electrons. The number of aryl methyl sites for hydroxylation is 1. The van der Waals surface area contributed by atoms with Crippen LogP contribution in [-0.2, 0) is 12.8 Å². The second-order valence-corrected chi connectivity index (χ2v) is 5.72. The first kappa shape index (κ1) is 11.8. The summed E-state index contributed by atoms with van der Waals surface area (Å²) < 4.78 is 0. The number of nitrogens with zero attached hydrogens (tertiary/aromatic N) is 2. The molecule has 5 heteroatoms. The Morgan fingerprint density at radius 2 is 1.89 bits per heavy atom. The molecule has 0 fully saturated rings. The predicted molar refractivity (Wildman–Crippen MR) is 74.0 cm³/mol. The van der Waals surface area contributed by atoms with Gasteiger partial charge in [0.1, 0.15) is 5.03 Å². The summed E-state index contributed by atoms with van der Waals surface area (Å²) in [4.78, 5) is 9.78. The smallest absolute Gasteiger partial charge is 0.221 e. The van der Waals surface area contributed by atoms with Crippen LogP contribution in [0.3, 0.4) is 0 Å². The summed E-state index contributed by atoms with van der Waals surface area (Å²) in [5.74, 6) is 0.368. The minimum atomic E-state index is 0.368. The molecule has 1 aromatic heterocycles. The van der Waals surface area contributed by atoms with Gasteiger partial charge in [-0.15, -0.1) is 0 Å². The number of halogens is 1. The lowest BCUT2D eigenvalue weighted by Crippen LogP contribution is -2.01. The van der Waals surface area contributed by atoms with E-state index in [0.29, 0.717) is 5.95 Å². The van der Waals surface area contributed by atoms with E-state index in [1.807, 2.05) is 24.3 Å². The highest BCUT2D eigenvalue weighted by molar-refractivity contribution is 7.99. The average molecular weight is 278 g/mol. The SMILES string of the molecule is Nc1nc2c(c(Sc3ccc(Cl)cc3)n1)CCC2. The van der Waals surface area contributed by atoms with E-state index in [-0.39, 0.29) is 0 Å². The van der Waals surface area contributed by atoms with E-state index in [4.69, 9.17) is 17.3 Å². The summed E-state index contributed by atoms with van der Waals surface area (Å²) >= 11 is 7.50. The Bertz CT molecular complexity index is 584. The van der Waals surface area contributed by atoms with Gasteiger partial charge in [0.2, 0.25) is 5.95 Å². The molecule has 0 radical (unpaired) electrons. The molecule has 0 saturated carbocycles. The molecule has 1 aliphatic rings. The lowest BCUT2D eigenvalue weighted by molar-refractivity contribution is 0.896. The van der Waals surface area contributed by atoms with Crippen LogP contribution < -0.4 is 5.73 Å². The van der Waals surface area contributed by atoms with E-state index in [0.717, 1.165) is 39.9 Å². The van der Waals surface area contributed by atoms with Crippen molar-refractivity contribution in [2.24, 2.45) is 0 Å². The van der Waals surface area contributed by atoms with Crippen LogP contribution in [0, 0.1) is 0 Å². The number of rotatable bonds is 2. The van der Waals surface area contributed by atoms with Crippen LogP contribution in [0.5, 0.6) is 0 Å². The van der Waals surface area contributed by atoms with Crippen molar-refractivity contribution in [3.63, 3.8) is 0 Å². The number of fused-ring (bicyclic) bond motifs is 1. The van der Waals surface area contributed by atoms with Crippen molar-refractivity contribution in [2.45, 2.75) is 29.2 Å². The van der Waals surface area contributed by atoms with Gasteiger partial charge < -0.3 is 5.73 Å². The van der Waals surface area contributed by atoms with Crippen molar-refractivity contribution in [1.82, 2.24) is 9.97 Å². The largest absolute Gasteiger partial charge is 0.368 e. The van der Waals surface area contributed by atoms with Crippen LogP contribution in [0.4, 0.5) is 5.95 Å². The van der Waals surface area contributed by atoms with Crippen LogP contribution in [0.2, 0.25) is 5.02 Å². The maximum Gasteiger partial charge on any atom is 0.221 e. The first-order valence-electron chi connectivity index (χ1n) is 5.81. The minimum Gasteiger partial charge on any atom is -0.368 e. The van der Waals surface area contributed by atoms with Gasteiger partial charge in [0.05, 0.1) is 5.69 Å². The molecule has 0 spiro atoms. The van der Waals surface area contributed by atoms with Gasteiger partial charge in [-0.2, -0.15) is 0 Å². The Labute approximate surface area is 115 Å². The molecule has 2 N–H and O–H groups in total.